The number of hydrogen-bond donors (Lipinski definition) is 1. The van der Waals surface area contributed by atoms with E-state index >= 15 is 0 Å². The second-order valence-electron chi connectivity index (χ2n) is 5.06. The van der Waals surface area contributed by atoms with Crippen molar-refractivity contribution in [3.8, 4) is 0 Å². The monoisotopic (exact) mass is 296 g/mol. The van der Waals surface area contributed by atoms with Crippen LogP contribution in [-0.4, -0.2) is 39.7 Å². The molecule has 0 atom stereocenters. The molecule has 3 rings (SSSR count). The molecule has 1 saturated carbocycles. The molecular formula is C11H16N6O2S. The third-order valence-electron chi connectivity index (χ3n) is 3.53. The van der Waals surface area contributed by atoms with Crippen LogP contribution < -0.4 is 4.72 Å². The summed E-state index contributed by atoms with van der Waals surface area (Å²) < 4.78 is 29.8. The van der Waals surface area contributed by atoms with E-state index < -0.39 is 10.0 Å². The Morgan fingerprint density at radius 3 is 2.85 bits per heavy atom. The van der Waals surface area contributed by atoms with Crippen molar-refractivity contribution in [2.45, 2.75) is 23.9 Å². The van der Waals surface area contributed by atoms with Gasteiger partial charge in [-0.15, -0.1) is 5.10 Å². The van der Waals surface area contributed by atoms with Crippen molar-refractivity contribution in [2.24, 2.45) is 13.0 Å². The zero-order chi connectivity index (χ0) is 14.2. The molecule has 1 aliphatic carbocycles. The Morgan fingerprint density at radius 2 is 2.25 bits per heavy atom. The standard InChI is InChI=1S/C11H16N6O2S/c1-16-8-11(14-15-16)20(18,19)13-7-9-5-10(6-9)17-4-2-3-12-17/h2-4,8-10,13H,5-7H2,1H3. The topological polar surface area (TPSA) is 94.7 Å². The molecule has 2 aromatic heterocycles. The summed E-state index contributed by atoms with van der Waals surface area (Å²) in [6, 6.07) is 2.28. The molecule has 1 aliphatic rings. The van der Waals surface area contributed by atoms with E-state index in [0.29, 0.717) is 18.5 Å². The van der Waals surface area contributed by atoms with E-state index in [-0.39, 0.29) is 5.03 Å². The van der Waals surface area contributed by atoms with Crippen LogP contribution in [-0.2, 0) is 17.1 Å². The van der Waals surface area contributed by atoms with Crippen molar-refractivity contribution in [1.82, 2.24) is 29.5 Å². The van der Waals surface area contributed by atoms with Crippen LogP contribution in [0.5, 0.6) is 0 Å². The van der Waals surface area contributed by atoms with Gasteiger partial charge in [-0.25, -0.2) is 13.1 Å². The quantitative estimate of drug-likeness (QED) is 0.834. The van der Waals surface area contributed by atoms with Crippen molar-refractivity contribution in [2.75, 3.05) is 6.54 Å². The lowest BCUT2D eigenvalue weighted by atomic mass is 9.80. The van der Waals surface area contributed by atoms with E-state index in [1.54, 1.807) is 13.2 Å². The first-order chi connectivity index (χ1) is 9.54. The average molecular weight is 296 g/mol. The van der Waals surface area contributed by atoms with Gasteiger partial charge in [0.25, 0.3) is 10.0 Å². The number of sulfonamides is 1. The number of nitrogens with one attached hydrogen (secondary N) is 1. The summed E-state index contributed by atoms with van der Waals surface area (Å²) in [5.41, 5.74) is 0. The van der Waals surface area contributed by atoms with E-state index in [4.69, 9.17) is 0 Å². The van der Waals surface area contributed by atoms with Gasteiger partial charge in [-0.3, -0.25) is 9.36 Å². The number of aromatic nitrogens is 5. The Bertz CT molecular complexity index is 672. The van der Waals surface area contributed by atoms with Gasteiger partial charge in [0.05, 0.1) is 12.2 Å². The van der Waals surface area contributed by atoms with Crippen molar-refractivity contribution >= 4 is 10.0 Å². The van der Waals surface area contributed by atoms with Crippen LogP contribution in [0.3, 0.4) is 0 Å². The van der Waals surface area contributed by atoms with Gasteiger partial charge in [-0.1, -0.05) is 5.21 Å². The first kappa shape index (κ1) is 13.3. The van der Waals surface area contributed by atoms with Gasteiger partial charge >= 0.3 is 0 Å². The highest BCUT2D eigenvalue weighted by Crippen LogP contribution is 2.36. The van der Waals surface area contributed by atoms with Crippen LogP contribution in [0.25, 0.3) is 0 Å². The van der Waals surface area contributed by atoms with Crippen molar-refractivity contribution in [3.63, 3.8) is 0 Å². The molecule has 9 heteroatoms. The molecule has 0 aliphatic heterocycles. The Morgan fingerprint density at radius 1 is 1.45 bits per heavy atom. The maximum Gasteiger partial charge on any atom is 0.261 e. The molecule has 0 unspecified atom stereocenters. The number of aryl methyl sites for hydroxylation is 1. The van der Waals surface area contributed by atoms with Crippen molar-refractivity contribution < 1.29 is 8.42 Å². The predicted octanol–water partition coefficient (Wildman–Crippen LogP) is -0.0588. The zero-order valence-electron chi connectivity index (χ0n) is 11.0. The fourth-order valence-corrected chi connectivity index (χ4v) is 3.37. The van der Waals surface area contributed by atoms with E-state index in [9.17, 15) is 8.42 Å². The van der Waals surface area contributed by atoms with E-state index in [2.05, 4.69) is 20.1 Å². The van der Waals surface area contributed by atoms with Gasteiger partial charge in [0, 0.05) is 26.0 Å². The van der Waals surface area contributed by atoms with Crippen LogP contribution in [0.2, 0.25) is 0 Å². The van der Waals surface area contributed by atoms with Crippen LogP contribution in [0.4, 0.5) is 0 Å². The summed E-state index contributed by atoms with van der Waals surface area (Å²) in [6.45, 7) is 0.427. The normalized spacial score (nSPS) is 22.6. The predicted molar refractivity (Wildman–Crippen MR) is 70.2 cm³/mol. The first-order valence-corrected chi connectivity index (χ1v) is 7.88. The summed E-state index contributed by atoms with van der Waals surface area (Å²) in [6.07, 6.45) is 6.94. The molecule has 20 heavy (non-hydrogen) atoms. The largest absolute Gasteiger partial charge is 0.270 e. The molecule has 0 spiro atoms. The number of hydrogen-bond acceptors (Lipinski definition) is 5. The highest BCUT2D eigenvalue weighted by atomic mass is 32.2. The average Bonchev–Trinajstić information content (AvgIpc) is 2.98. The van der Waals surface area contributed by atoms with Gasteiger partial charge in [0.2, 0.25) is 5.03 Å². The fourth-order valence-electron chi connectivity index (χ4n) is 2.33. The van der Waals surface area contributed by atoms with E-state index in [1.165, 1.54) is 10.9 Å². The molecule has 0 amide bonds. The van der Waals surface area contributed by atoms with E-state index in [1.807, 2.05) is 16.9 Å². The van der Waals surface area contributed by atoms with E-state index in [0.717, 1.165) is 12.8 Å². The Hall–Kier alpha value is -1.74. The molecule has 0 radical (unpaired) electrons. The van der Waals surface area contributed by atoms with Crippen LogP contribution in [0.15, 0.2) is 29.7 Å². The summed E-state index contributed by atoms with van der Waals surface area (Å²) >= 11 is 0. The van der Waals surface area contributed by atoms with Crippen LogP contribution in [0, 0.1) is 5.92 Å². The molecule has 2 heterocycles. The lowest BCUT2D eigenvalue weighted by Crippen LogP contribution is -2.37. The maximum absolute atomic E-state index is 12.0. The Balaban J connectivity index is 1.51. The summed E-state index contributed by atoms with van der Waals surface area (Å²) in [5.74, 6) is 0.343. The second kappa shape index (κ2) is 4.98. The Labute approximate surface area is 116 Å². The minimum atomic E-state index is -3.55. The highest BCUT2D eigenvalue weighted by Gasteiger charge is 2.32. The molecular weight excluding hydrogens is 280 g/mol. The maximum atomic E-state index is 12.0. The third-order valence-corrected chi connectivity index (χ3v) is 4.81. The molecule has 0 bridgehead atoms. The van der Waals surface area contributed by atoms with Crippen LogP contribution >= 0.6 is 0 Å². The molecule has 108 valence electrons. The smallest absolute Gasteiger partial charge is 0.261 e. The number of nitrogens with zero attached hydrogens (tertiary/aromatic N) is 5. The number of rotatable bonds is 5. The first-order valence-electron chi connectivity index (χ1n) is 6.40. The summed E-state index contributed by atoms with van der Waals surface area (Å²) in [7, 11) is -1.92. The lowest BCUT2D eigenvalue weighted by Gasteiger charge is -2.35. The molecule has 2 aromatic rings. The SMILES string of the molecule is Cn1cc(S(=O)(=O)NCC2CC(n3cccn3)C2)nn1. The van der Waals surface area contributed by atoms with Gasteiger partial charge in [-0.05, 0) is 24.8 Å². The lowest BCUT2D eigenvalue weighted by molar-refractivity contribution is 0.186. The molecule has 1 N–H and O–H groups in total. The highest BCUT2D eigenvalue weighted by molar-refractivity contribution is 7.89. The third kappa shape index (κ3) is 2.59. The molecule has 0 saturated heterocycles. The minimum Gasteiger partial charge on any atom is -0.270 e. The zero-order valence-corrected chi connectivity index (χ0v) is 11.9. The summed E-state index contributed by atoms with van der Waals surface area (Å²) in [4.78, 5) is 0. The van der Waals surface area contributed by atoms with Gasteiger partial charge in [-0.2, -0.15) is 5.10 Å². The van der Waals surface area contributed by atoms with Gasteiger partial charge < -0.3 is 0 Å². The fraction of sp³-hybridized carbons (Fsp3) is 0.545. The molecule has 8 nitrogen and oxygen atoms in total. The molecule has 0 aromatic carbocycles. The van der Waals surface area contributed by atoms with Crippen molar-refractivity contribution in [1.29, 1.82) is 0 Å². The van der Waals surface area contributed by atoms with Crippen molar-refractivity contribution in [3.05, 3.63) is 24.7 Å². The van der Waals surface area contributed by atoms with Crippen LogP contribution in [0.1, 0.15) is 18.9 Å². The molecule has 1 fully saturated rings. The minimum absolute atomic E-state index is 0.0389. The summed E-state index contributed by atoms with van der Waals surface area (Å²) in [5, 5.41) is 11.4. The Kier molecular flexibility index (Phi) is 3.30. The van der Waals surface area contributed by atoms with Gasteiger partial charge in [0.1, 0.15) is 0 Å². The van der Waals surface area contributed by atoms with Gasteiger partial charge in [0.15, 0.2) is 0 Å². The second-order valence-corrected chi connectivity index (χ2v) is 6.77.